The van der Waals surface area contributed by atoms with Crippen molar-refractivity contribution in [1.82, 2.24) is 0 Å². The maximum Gasteiger partial charge on any atom is 0.310 e. The number of rotatable bonds is 2. The Morgan fingerprint density at radius 3 is 2.81 bits per heavy atom. The van der Waals surface area contributed by atoms with E-state index in [0.29, 0.717) is 0 Å². The highest BCUT2D eigenvalue weighted by molar-refractivity contribution is 5.82. The van der Waals surface area contributed by atoms with Gasteiger partial charge in [-0.15, -0.1) is 0 Å². The normalized spacial score (nSPS) is 12.9. The van der Waals surface area contributed by atoms with Crippen molar-refractivity contribution in [3.63, 3.8) is 0 Å². The van der Waals surface area contributed by atoms with E-state index in [2.05, 4.69) is 0 Å². The van der Waals surface area contributed by atoms with Crippen molar-refractivity contribution in [3.05, 3.63) is 35.6 Å². The number of fused-ring (bicyclic) bond motifs is 1. The second kappa shape index (κ2) is 3.59. The van der Waals surface area contributed by atoms with Gasteiger partial charge in [0.1, 0.15) is 17.2 Å². The zero-order valence-electron chi connectivity index (χ0n) is 8.33. The monoisotopic (exact) mass is 226 g/mol. The Bertz CT molecular complexity index is 560. The first-order valence-corrected chi connectivity index (χ1v) is 4.60. The minimum atomic E-state index is -1.28. The third kappa shape index (κ3) is 1.44. The summed E-state index contributed by atoms with van der Waals surface area (Å²) in [5, 5.41) is 8.84. The Balaban J connectivity index is 2.73. The fourth-order valence-electron chi connectivity index (χ4n) is 1.58. The van der Waals surface area contributed by atoms with Gasteiger partial charge in [0.05, 0.1) is 17.6 Å². The number of aliphatic carboxylic acids is 1. The average Bonchev–Trinajstić information content (AvgIpc) is 2.65. The first-order chi connectivity index (χ1) is 7.52. The van der Waals surface area contributed by atoms with E-state index in [1.54, 1.807) is 0 Å². The van der Waals surface area contributed by atoms with E-state index in [1.165, 1.54) is 19.3 Å². The van der Waals surface area contributed by atoms with Crippen molar-refractivity contribution in [2.75, 3.05) is 0 Å². The van der Waals surface area contributed by atoms with Gasteiger partial charge in [-0.2, -0.15) is 0 Å². The van der Waals surface area contributed by atoms with Gasteiger partial charge in [0.2, 0.25) is 0 Å². The molecule has 0 saturated heterocycles. The fourth-order valence-corrected chi connectivity index (χ4v) is 1.58. The largest absolute Gasteiger partial charge is 0.481 e. The summed E-state index contributed by atoms with van der Waals surface area (Å²) in [6, 6.07) is 2.33. The number of hydrogen-bond acceptors (Lipinski definition) is 2. The molecule has 84 valence electrons. The van der Waals surface area contributed by atoms with Crippen LogP contribution >= 0.6 is 0 Å². The van der Waals surface area contributed by atoms with Crippen molar-refractivity contribution < 1.29 is 23.1 Å². The molecule has 0 radical (unpaired) electrons. The summed E-state index contributed by atoms with van der Waals surface area (Å²) in [6.07, 6.45) is 1.22. The summed E-state index contributed by atoms with van der Waals surface area (Å²) in [4.78, 5) is 10.7. The van der Waals surface area contributed by atoms with Crippen molar-refractivity contribution >= 4 is 16.9 Å². The van der Waals surface area contributed by atoms with Gasteiger partial charge < -0.3 is 9.52 Å². The van der Waals surface area contributed by atoms with Gasteiger partial charge in [-0.1, -0.05) is 0 Å². The molecular weight excluding hydrogens is 218 g/mol. The quantitative estimate of drug-likeness (QED) is 0.856. The first-order valence-electron chi connectivity index (χ1n) is 4.60. The lowest BCUT2D eigenvalue weighted by molar-refractivity contribution is -0.138. The highest BCUT2D eigenvalue weighted by atomic mass is 19.1. The fraction of sp³-hybridized carbons (Fsp3) is 0.182. The molecule has 0 aliphatic carbocycles. The first kappa shape index (κ1) is 10.6. The van der Waals surface area contributed by atoms with Crippen molar-refractivity contribution in [1.29, 1.82) is 0 Å². The SMILES string of the molecule is CC(C(=O)O)c1c(F)cc2occc2c1F. The van der Waals surface area contributed by atoms with Crippen molar-refractivity contribution in [2.45, 2.75) is 12.8 Å². The molecule has 5 heteroatoms. The van der Waals surface area contributed by atoms with Gasteiger partial charge in [-0.05, 0) is 13.0 Å². The number of carboxylic acid groups (broad SMARTS) is 1. The van der Waals surface area contributed by atoms with E-state index in [0.717, 1.165) is 6.07 Å². The van der Waals surface area contributed by atoms with Crippen LogP contribution in [0.2, 0.25) is 0 Å². The van der Waals surface area contributed by atoms with Gasteiger partial charge in [0.25, 0.3) is 0 Å². The molecule has 0 aliphatic rings. The zero-order valence-corrected chi connectivity index (χ0v) is 8.33. The second-order valence-corrected chi connectivity index (χ2v) is 3.48. The van der Waals surface area contributed by atoms with Gasteiger partial charge in [0.15, 0.2) is 0 Å². The third-order valence-electron chi connectivity index (χ3n) is 2.49. The molecule has 1 aromatic carbocycles. The topological polar surface area (TPSA) is 50.4 Å². The Labute approximate surface area is 89.3 Å². The van der Waals surface area contributed by atoms with Gasteiger partial charge >= 0.3 is 5.97 Å². The van der Waals surface area contributed by atoms with E-state index in [4.69, 9.17) is 9.52 Å². The van der Waals surface area contributed by atoms with Crippen LogP contribution in [-0.4, -0.2) is 11.1 Å². The molecule has 1 heterocycles. The van der Waals surface area contributed by atoms with Crippen molar-refractivity contribution in [2.24, 2.45) is 0 Å². The molecule has 1 N–H and O–H groups in total. The van der Waals surface area contributed by atoms with Gasteiger partial charge in [-0.25, -0.2) is 8.78 Å². The Kier molecular flexibility index (Phi) is 2.38. The predicted molar refractivity (Wildman–Crippen MR) is 52.2 cm³/mol. The molecule has 0 saturated carbocycles. The molecule has 16 heavy (non-hydrogen) atoms. The number of carbonyl (C=O) groups is 1. The van der Waals surface area contributed by atoms with Crippen LogP contribution in [-0.2, 0) is 4.79 Å². The third-order valence-corrected chi connectivity index (χ3v) is 2.49. The molecule has 3 nitrogen and oxygen atoms in total. The second-order valence-electron chi connectivity index (χ2n) is 3.48. The highest BCUT2D eigenvalue weighted by Gasteiger charge is 2.24. The minimum Gasteiger partial charge on any atom is -0.481 e. The lowest BCUT2D eigenvalue weighted by Crippen LogP contribution is -2.11. The Hall–Kier alpha value is -1.91. The molecule has 1 unspecified atom stereocenters. The summed E-state index contributed by atoms with van der Waals surface area (Å²) in [6.45, 7) is 1.23. The van der Waals surface area contributed by atoms with Crippen LogP contribution in [0.4, 0.5) is 8.78 Å². The van der Waals surface area contributed by atoms with Crippen LogP contribution in [0.25, 0.3) is 11.0 Å². The summed E-state index contributed by atoms with van der Waals surface area (Å²) in [5.41, 5.74) is -0.377. The molecule has 2 aromatic rings. The Morgan fingerprint density at radius 2 is 2.19 bits per heavy atom. The van der Waals surface area contributed by atoms with Crippen LogP contribution in [0.1, 0.15) is 18.4 Å². The van der Waals surface area contributed by atoms with E-state index >= 15 is 0 Å². The molecule has 1 aromatic heterocycles. The molecular formula is C11H8F2O3. The minimum absolute atomic E-state index is 0.0661. The summed E-state index contributed by atoms with van der Waals surface area (Å²) < 4.78 is 32.2. The molecule has 1 atom stereocenters. The van der Waals surface area contributed by atoms with Gasteiger partial charge in [-0.3, -0.25) is 4.79 Å². The Morgan fingerprint density at radius 1 is 1.50 bits per heavy atom. The number of hydrogen-bond donors (Lipinski definition) is 1. The predicted octanol–water partition coefficient (Wildman–Crippen LogP) is 2.90. The average molecular weight is 226 g/mol. The molecule has 0 amide bonds. The van der Waals surface area contributed by atoms with Crippen LogP contribution in [0.3, 0.4) is 0 Å². The number of halogens is 2. The maximum absolute atomic E-state index is 13.8. The van der Waals surface area contributed by atoms with E-state index in [9.17, 15) is 13.6 Å². The maximum atomic E-state index is 13.8. The highest BCUT2D eigenvalue weighted by Crippen LogP contribution is 2.29. The lowest BCUT2D eigenvalue weighted by atomic mass is 9.98. The number of benzene rings is 1. The molecule has 0 fully saturated rings. The van der Waals surface area contributed by atoms with Crippen molar-refractivity contribution in [3.8, 4) is 0 Å². The molecule has 0 bridgehead atoms. The van der Waals surface area contributed by atoms with Crippen LogP contribution in [0.5, 0.6) is 0 Å². The molecule has 2 rings (SSSR count). The van der Waals surface area contributed by atoms with E-state index < -0.39 is 29.1 Å². The smallest absolute Gasteiger partial charge is 0.310 e. The van der Waals surface area contributed by atoms with Crippen LogP contribution in [0, 0.1) is 11.6 Å². The number of carboxylic acids is 1. The molecule has 0 spiro atoms. The van der Waals surface area contributed by atoms with Gasteiger partial charge in [0, 0.05) is 11.6 Å². The molecule has 0 aliphatic heterocycles. The van der Waals surface area contributed by atoms with Crippen LogP contribution in [0.15, 0.2) is 22.8 Å². The van der Waals surface area contributed by atoms with E-state index in [1.807, 2.05) is 0 Å². The summed E-state index contributed by atoms with van der Waals surface area (Å²) in [5.74, 6) is -4.30. The zero-order chi connectivity index (χ0) is 11.9. The van der Waals surface area contributed by atoms with Crippen LogP contribution < -0.4 is 0 Å². The van der Waals surface area contributed by atoms with E-state index in [-0.39, 0.29) is 11.0 Å². The standard InChI is InChI=1S/C11H8F2O3/c1-5(11(14)15)9-7(12)4-8-6(10(9)13)2-3-16-8/h2-5H,1H3,(H,14,15). The lowest BCUT2D eigenvalue weighted by Gasteiger charge is -2.09. The summed E-state index contributed by atoms with van der Waals surface area (Å²) in [7, 11) is 0. The number of furan rings is 1. The summed E-state index contributed by atoms with van der Waals surface area (Å²) >= 11 is 0.